The van der Waals surface area contributed by atoms with E-state index >= 15 is 0 Å². The average molecular weight is 191 g/mol. The van der Waals surface area contributed by atoms with Crippen LogP contribution in [0.15, 0.2) is 48.5 Å². The van der Waals surface area contributed by atoms with Crippen LogP contribution in [0.5, 0.6) is 0 Å². The number of hydrogen-bond acceptors (Lipinski definition) is 2. The number of allylic oxidation sites excluding steroid dienone is 5. The summed E-state index contributed by atoms with van der Waals surface area (Å²) in [7, 11) is 0. The van der Waals surface area contributed by atoms with Crippen LogP contribution in [0.2, 0.25) is 0 Å². The first-order valence-corrected chi connectivity index (χ1v) is 4.62. The van der Waals surface area contributed by atoms with Crippen molar-refractivity contribution in [3.8, 4) is 0 Å². The van der Waals surface area contributed by atoms with E-state index < -0.39 is 0 Å². The molecule has 0 aliphatic rings. The van der Waals surface area contributed by atoms with Gasteiger partial charge in [-0.05, 0) is 37.6 Å². The Bertz CT molecular complexity index is 272. The van der Waals surface area contributed by atoms with Gasteiger partial charge in [-0.2, -0.15) is 0 Å². The Morgan fingerprint density at radius 1 is 1.43 bits per heavy atom. The summed E-state index contributed by atoms with van der Waals surface area (Å²) in [4.78, 5) is 0. The molecule has 0 radical (unpaired) electrons. The molecule has 14 heavy (non-hydrogen) atoms. The molecule has 0 heterocycles. The van der Waals surface area contributed by atoms with Crippen molar-refractivity contribution < 1.29 is 4.74 Å². The second-order valence-corrected chi connectivity index (χ2v) is 2.54. The summed E-state index contributed by atoms with van der Waals surface area (Å²) in [5.74, 6) is 1.34. The molecule has 0 bridgehead atoms. The lowest BCUT2D eigenvalue weighted by Gasteiger charge is -2.05. The van der Waals surface area contributed by atoms with Crippen molar-refractivity contribution in [2.45, 2.75) is 20.3 Å². The van der Waals surface area contributed by atoms with E-state index in [0.717, 1.165) is 12.2 Å². The van der Waals surface area contributed by atoms with Crippen molar-refractivity contribution in [1.29, 1.82) is 5.41 Å². The number of nitrogens with one attached hydrogen (secondary N) is 1. The molecule has 0 aliphatic carbocycles. The molecule has 0 rings (SSSR count). The lowest BCUT2D eigenvalue weighted by atomic mass is 10.3. The van der Waals surface area contributed by atoms with Gasteiger partial charge >= 0.3 is 0 Å². The van der Waals surface area contributed by atoms with Crippen molar-refractivity contribution in [3.63, 3.8) is 0 Å². The third-order valence-electron chi connectivity index (χ3n) is 1.49. The van der Waals surface area contributed by atoms with Crippen LogP contribution in [-0.2, 0) is 4.74 Å². The summed E-state index contributed by atoms with van der Waals surface area (Å²) in [5.41, 5.74) is 0. The highest BCUT2D eigenvalue weighted by Crippen LogP contribution is 2.08. The molecular weight excluding hydrogens is 174 g/mol. The van der Waals surface area contributed by atoms with Gasteiger partial charge in [0.15, 0.2) is 0 Å². The first-order valence-electron chi connectivity index (χ1n) is 4.62. The fourth-order valence-electron chi connectivity index (χ4n) is 0.785. The summed E-state index contributed by atoms with van der Waals surface area (Å²) in [6.45, 7) is 7.56. The van der Waals surface area contributed by atoms with E-state index in [4.69, 9.17) is 10.1 Å². The normalized spacial score (nSPS) is 13.0. The topological polar surface area (TPSA) is 33.1 Å². The van der Waals surface area contributed by atoms with Crippen molar-refractivity contribution in [2.24, 2.45) is 0 Å². The molecule has 0 aromatic rings. The molecule has 1 N–H and O–H groups in total. The fraction of sp³-hybridized carbons (Fsp3) is 0.250. The van der Waals surface area contributed by atoms with Gasteiger partial charge in [0.25, 0.3) is 0 Å². The van der Waals surface area contributed by atoms with E-state index in [0.29, 0.717) is 5.76 Å². The Labute approximate surface area is 85.8 Å². The standard InChI is InChI=1S/C12H17NO/c1-4-7-8-11(5-2)14-12(6-3)9-10-13/h5-10,13H,3-4H2,1-2H3/b8-7-,11-5+,12-9+,13-10?. The second-order valence-electron chi connectivity index (χ2n) is 2.54. The average Bonchev–Trinajstić information content (AvgIpc) is 2.22. The van der Waals surface area contributed by atoms with Crippen LogP contribution >= 0.6 is 0 Å². The number of hydrogen-bond donors (Lipinski definition) is 1. The predicted molar refractivity (Wildman–Crippen MR) is 61.3 cm³/mol. The van der Waals surface area contributed by atoms with E-state index in [9.17, 15) is 0 Å². The molecule has 0 aromatic heterocycles. The van der Waals surface area contributed by atoms with Crippen LogP contribution in [0, 0.1) is 5.41 Å². The molecular formula is C12H17NO. The molecule has 0 aromatic carbocycles. The second kappa shape index (κ2) is 8.05. The monoisotopic (exact) mass is 191 g/mol. The van der Waals surface area contributed by atoms with Gasteiger partial charge in [-0.3, -0.25) is 0 Å². The molecule has 76 valence electrons. The molecule has 0 saturated carbocycles. The minimum absolute atomic E-state index is 0.578. The maximum atomic E-state index is 6.91. The minimum Gasteiger partial charge on any atom is -0.458 e. The third-order valence-corrected chi connectivity index (χ3v) is 1.49. The number of rotatable bonds is 6. The van der Waals surface area contributed by atoms with E-state index in [1.165, 1.54) is 6.21 Å². The van der Waals surface area contributed by atoms with Gasteiger partial charge in [-0.15, -0.1) is 0 Å². The lowest BCUT2D eigenvalue weighted by molar-refractivity contribution is 0.336. The molecule has 0 saturated heterocycles. The highest BCUT2D eigenvalue weighted by Gasteiger charge is 1.94. The van der Waals surface area contributed by atoms with E-state index in [1.807, 2.05) is 25.2 Å². The van der Waals surface area contributed by atoms with Crippen molar-refractivity contribution >= 4 is 6.21 Å². The van der Waals surface area contributed by atoms with E-state index in [2.05, 4.69) is 13.5 Å². The van der Waals surface area contributed by atoms with Gasteiger partial charge in [0.1, 0.15) is 11.5 Å². The zero-order chi connectivity index (χ0) is 10.8. The summed E-state index contributed by atoms with van der Waals surface area (Å²) in [6, 6.07) is 0. The molecule has 0 unspecified atom stereocenters. The molecule has 0 aliphatic heterocycles. The maximum absolute atomic E-state index is 6.91. The Morgan fingerprint density at radius 3 is 2.57 bits per heavy atom. The first kappa shape index (κ1) is 12.4. The van der Waals surface area contributed by atoms with Gasteiger partial charge in [-0.1, -0.05) is 19.6 Å². The van der Waals surface area contributed by atoms with Crippen LogP contribution in [-0.4, -0.2) is 6.21 Å². The van der Waals surface area contributed by atoms with Crippen LogP contribution in [0.1, 0.15) is 20.3 Å². The Kier molecular flexibility index (Phi) is 7.15. The first-order chi connectivity index (χ1) is 6.78. The quantitative estimate of drug-likeness (QED) is 0.388. The van der Waals surface area contributed by atoms with Crippen LogP contribution in [0.25, 0.3) is 0 Å². The maximum Gasteiger partial charge on any atom is 0.128 e. The van der Waals surface area contributed by atoms with Crippen LogP contribution < -0.4 is 0 Å². The summed E-state index contributed by atoms with van der Waals surface area (Å²) < 4.78 is 5.46. The van der Waals surface area contributed by atoms with Crippen molar-refractivity contribution in [1.82, 2.24) is 0 Å². The summed E-state index contributed by atoms with van der Waals surface area (Å²) >= 11 is 0. The Balaban J connectivity index is 4.45. The summed E-state index contributed by atoms with van der Waals surface area (Å²) in [5, 5.41) is 6.91. The van der Waals surface area contributed by atoms with Gasteiger partial charge < -0.3 is 10.1 Å². The van der Waals surface area contributed by atoms with E-state index in [1.54, 1.807) is 12.2 Å². The zero-order valence-corrected chi connectivity index (χ0v) is 8.79. The van der Waals surface area contributed by atoms with Gasteiger partial charge in [-0.25, -0.2) is 0 Å². The van der Waals surface area contributed by atoms with Gasteiger partial charge in [0.05, 0.1) is 0 Å². The van der Waals surface area contributed by atoms with Crippen molar-refractivity contribution in [3.05, 3.63) is 48.5 Å². The third kappa shape index (κ3) is 5.14. The Morgan fingerprint density at radius 2 is 2.14 bits per heavy atom. The largest absolute Gasteiger partial charge is 0.458 e. The van der Waals surface area contributed by atoms with Crippen molar-refractivity contribution in [2.75, 3.05) is 0 Å². The van der Waals surface area contributed by atoms with E-state index in [-0.39, 0.29) is 0 Å². The molecule has 0 fully saturated rings. The highest BCUT2D eigenvalue weighted by atomic mass is 16.5. The van der Waals surface area contributed by atoms with Gasteiger partial charge in [0, 0.05) is 6.21 Å². The molecule has 2 heteroatoms. The van der Waals surface area contributed by atoms with Crippen LogP contribution in [0.4, 0.5) is 0 Å². The Hall–Kier alpha value is -1.57. The highest BCUT2D eigenvalue weighted by molar-refractivity contribution is 5.69. The summed E-state index contributed by atoms with van der Waals surface area (Å²) in [6.07, 6.45) is 11.1. The van der Waals surface area contributed by atoms with Crippen LogP contribution in [0.3, 0.4) is 0 Å². The SMILES string of the molecule is C=C/C(=C\C=N)OC(/C=C\CC)=C/C. The zero-order valence-electron chi connectivity index (χ0n) is 8.79. The number of ether oxygens (including phenoxy) is 1. The smallest absolute Gasteiger partial charge is 0.128 e. The predicted octanol–water partition coefficient (Wildman–Crippen LogP) is 3.59. The minimum atomic E-state index is 0.578. The fourth-order valence-corrected chi connectivity index (χ4v) is 0.785. The molecule has 2 nitrogen and oxygen atoms in total. The lowest BCUT2D eigenvalue weighted by Crippen LogP contribution is -1.88. The molecule has 0 atom stereocenters. The van der Waals surface area contributed by atoms with Gasteiger partial charge in [0.2, 0.25) is 0 Å². The molecule has 0 spiro atoms. The molecule has 0 amide bonds.